The molecule has 1 fully saturated rings. The molecular weight excluding hydrogens is 156 g/mol. The maximum absolute atomic E-state index is 2.49. The molecule has 1 saturated carbocycles. The van der Waals surface area contributed by atoms with Crippen molar-refractivity contribution in [3.05, 3.63) is 0 Å². The second-order valence-corrected chi connectivity index (χ2v) is 6.34. The highest BCUT2D eigenvalue weighted by Gasteiger charge is 2.50. The third-order valence-electron chi connectivity index (χ3n) is 4.65. The Morgan fingerprint density at radius 3 is 2.15 bits per heavy atom. The van der Waals surface area contributed by atoms with Crippen LogP contribution in [-0.2, 0) is 0 Å². The number of hydrogen-bond acceptors (Lipinski definition) is 0. The summed E-state index contributed by atoms with van der Waals surface area (Å²) >= 11 is 0. The predicted molar refractivity (Wildman–Crippen MR) is 59.7 cm³/mol. The molecule has 1 aliphatic carbocycles. The predicted octanol–water partition coefficient (Wildman–Crippen LogP) is 4.49. The van der Waals surface area contributed by atoms with Crippen molar-refractivity contribution in [3.63, 3.8) is 0 Å². The molecule has 1 rings (SSSR count). The van der Waals surface area contributed by atoms with Crippen molar-refractivity contribution in [2.24, 2.45) is 22.7 Å². The summed E-state index contributed by atoms with van der Waals surface area (Å²) in [4.78, 5) is 0. The van der Waals surface area contributed by atoms with Crippen LogP contribution in [0.25, 0.3) is 0 Å². The van der Waals surface area contributed by atoms with Crippen LogP contribution in [0.4, 0.5) is 0 Å². The fraction of sp³-hybridized carbons (Fsp3) is 1.00. The molecule has 0 heteroatoms. The zero-order chi connectivity index (χ0) is 10.3. The van der Waals surface area contributed by atoms with Crippen LogP contribution >= 0.6 is 0 Å². The normalized spacial score (nSPS) is 34.8. The molecule has 1 aliphatic rings. The zero-order valence-electron chi connectivity index (χ0n) is 10.3. The van der Waals surface area contributed by atoms with E-state index in [0.717, 1.165) is 11.8 Å². The van der Waals surface area contributed by atoms with Gasteiger partial charge in [0.1, 0.15) is 0 Å². The Bertz CT molecular complexity index is 178. The Kier molecular flexibility index (Phi) is 2.81. The van der Waals surface area contributed by atoms with Crippen molar-refractivity contribution < 1.29 is 0 Å². The van der Waals surface area contributed by atoms with Crippen LogP contribution in [0.1, 0.15) is 60.8 Å². The van der Waals surface area contributed by atoms with Gasteiger partial charge in [0.15, 0.2) is 0 Å². The highest BCUT2D eigenvalue weighted by molar-refractivity contribution is 4.99. The minimum atomic E-state index is 0.527. The molecule has 2 unspecified atom stereocenters. The first kappa shape index (κ1) is 11.1. The summed E-state index contributed by atoms with van der Waals surface area (Å²) in [5, 5.41) is 0. The Balaban J connectivity index is 2.68. The van der Waals surface area contributed by atoms with Crippen molar-refractivity contribution in [1.29, 1.82) is 0 Å². The van der Waals surface area contributed by atoms with Gasteiger partial charge in [-0.15, -0.1) is 0 Å². The molecule has 13 heavy (non-hydrogen) atoms. The Morgan fingerprint density at radius 2 is 1.92 bits per heavy atom. The van der Waals surface area contributed by atoms with E-state index in [9.17, 15) is 0 Å². The fourth-order valence-electron chi connectivity index (χ4n) is 3.13. The lowest BCUT2D eigenvalue weighted by atomic mass is 9.49. The second-order valence-electron chi connectivity index (χ2n) is 6.34. The van der Waals surface area contributed by atoms with Gasteiger partial charge >= 0.3 is 0 Å². The average Bonchev–Trinajstić information content (AvgIpc) is 1.97. The highest BCUT2D eigenvalue weighted by atomic mass is 14.5. The van der Waals surface area contributed by atoms with Gasteiger partial charge in [-0.25, -0.2) is 0 Å². The molecule has 0 saturated heterocycles. The molecule has 0 heterocycles. The Hall–Kier alpha value is 0. The van der Waals surface area contributed by atoms with Gasteiger partial charge in [-0.3, -0.25) is 0 Å². The van der Waals surface area contributed by atoms with Crippen LogP contribution < -0.4 is 0 Å². The van der Waals surface area contributed by atoms with Gasteiger partial charge in [0, 0.05) is 0 Å². The van der Waals surface area contributed by atoms with E-state index in [2.05, 4.69) is 41.5 Å². The lowest BCUT2D eigenvalue weighted by Gasteiger charge is -2.56. The van der Waals surface area contributed by atoms with E-state index in [0.29, 0.717) is 10.8 Å². The van der Waals surface area contributed by atoms with Gasteiger partial charge in [0.2, 0.25) is 0 Å². The molecule has 0 radical (unpaired) electrons. The standard InChI is InChI=1S/C13H26/c1-10(2)9-12(4,5)13(6)8-7-11(13)3/h10-11H,7-9H2,1-6H3. The third kappa shape index (κ3) is 1.78. The van der Waals surface area contributed by atoms with Crippen LogP contribution in [0.15, 0.2) is 0 Å². The first-order chi connectivity index (χ1) is 5.79. The quantitative estimate of drug-likeness (QED) is 0.603. The van der Waals surface area contributed by atoms with Crippen molar-refractivity contribution >= 4 is 0 Å². The van der Waals surface area contributed by atoms with Crippen molar-refractivity contribution in [1.82, 2.24) is 0 Å². The summed E-state index contributed by atoms with van der Waals surface area (Å²) < 4.78 is 0. The van der Waals surface area contributed by atoms with Crippen molar-refractivity contribution in [3.8, 4) is 0 Å². The van der Waals surface area contributed by atoms with Crippen LogP contribution in [-0.4, -0.2) is 0 Å². The van der Waals surface area contributed by atoms with Gasteiger partial charge in [-0.1, -0.05) is 41.5 Å². The summed E-state index contributed by atoms with van der Waals surface area (Å²) in [5.74, 6) is 1.76. The van der Waals surface area contributed by atoms with E-state index in [4.69, 9.17) is 0 Å². The number of hydrogen-bond donors (Lipinski definition) is 0. The molecule has 2 atom stereocenters. The smallest absolute Gasteiger partial charge is 0.0249 e. The summed E-state index contributed by atoms with van der Waals surface area (Å²) in [6.45, 7) is 14.5. The summed E-state index contributed by atoms with van der Waals surface area (Å²) in [6, 6.07) is 0. The van der Waals surface area contributed by atoms with Gasteiger partial charge in [-0.05, 0) is 41.9 Å². The van der Waals surface area contributed by atoms with Gasteiger partial charge < -0.3 is 0 Å². The molecule has 0 amide bonds. The van der Waals surface area contributed by atoms with E-state index >= 15 is 0 Å². The highest BCUT2D eigenvalue weighted by Crippen LogP contribution is 2.59. The van der Waals surface area contributed by atoms with E-state index in [1.54, 1.807) is 0 Å². The first-order valence-corrected chi connectivity index (χ1v) is 5.79. The van der Waals surface area contributed by atoms with Crippen LogP contribution in [0.3, 0.4) is 0 Å². The van der Waals surface area contributed by atoms with E-state index in [1.165, 1.54) is 19.3 Å². The topological polar surface area (TPSA) is 0 Å². The molecular formula is C13H26. The molecule has 0 aromatic heterocycles. The zero-order valence-corrected chi connectivity index (χ0v) is 10.3. The van der Waals surface area contributed by atoms with Crippen LogP contribution in [0.2, 0.25) is 0 Å². The van der Waals surface area contributed by atoms with Gasteiger partial charge in [0.25, 0.3) is 0 Å². The first-order valence-electron chi connectivity index (χ1n) is 5.79. The van der Waals surface area contributed by atoms with Crippen molar-refractivity contribution in [2.45, 2.75) is 60.8 Å². The summed E-state index contributed by atoms with van der Waals surface area (Å²) in [5.41, 5.74) is 1.14. The van der Waals surface area contributed by atoms with Gasteiger partial charge in [-0.2, -0.15) is 0 Å². The fourth-order valence-corrected chi connectivity index (χ4v) is 3.13. The third-order valence-corrected chi connectivity index (χ3v) is 4.65. The van der Waals surface area contributed by atoms with Gasteiger partial charge in [0.05, 0.1) is 0 Å². The maximum atomic E-state index is 2.49. The van der Waals surface area contributed by atoms with Crippen LogP contribution in [0, 0.1) is 22.7 Å². The minimum absolute atomic E-state index is 0.527. The molecule has 78 valence electrons. The molecule has 0 spiro atoms. The van der Waals surface area contributed by atoms with E-state index in [-0.39, 0.29) is 0 Å². The summed E-state index contributed by atoms with van der Waals surface area (Å²) in [7, 11) is 0. The molecule has 0 aromatic carbocycles. The maximum Gasteiger partial charge on any atom is -0.0249 e. The molecule has 0 aromatic rings. The SMILES string of the molecule is CC(C)CC(C)(C)C1(C)CCC1C. The largest absolute Gasteiger partial charge is 0.0628 e. The Morgan fingerprint density at radius 1 is 1.38 bits per heavy atom. The number of rotatable bonds is 3. The molecule has 0 nitrogen and oxygen atoms in total. The monoisotopic (exact) mass is 182 g/mol. The van der Waals surface area contributed by atoms with Crippen molar-refractivity contribution in [2.75, 3.05) is 0 Å². The average molecular weight is 182 g/mol. The lowest BCUT2D eigenvalue weighted by molar-refractivity contribution is -0.0679. The molecule has 0 N–H and O–H groups in total. The molecule has 0 bridgehead atoms. The summed E-state index contributed by atoms with van der Waals surface area (Å²) in [6.07, 6.45) is 4.25. The van der Waals surface area contributed by atoms with E-state index < -0.39 is 0 Å². The minimum Gasteiger partial charge on any atom is -0.0628 e. The van der Waals surface area contributed by atoms with Crippen LogP contribution in [0.5, 0.6) is 0 Å². The van der Waals surface area contributed by atoms with E-state index in [1.807, 2.05) is 0 Å². The Labute approximate surface area is 84.1 Å². The lowest BCUT2D eigenvalue weighted by Crippen LogP contribution is -2.48. The molecule has 0 aliphatic heterocycles. The second kappa shape index (κ2) is 3.29.